The van der Waals surface area contributed by atoms with Gasteiger partial charge in [0.25, 0.3) is 5.91 Å². The Morgan fingerprint density at radius 3 is 2.45 bits per heavy atom. The van der Waals surface area contributed by atoms with Crippen LogP contribution in [0.4, 0.5) is 0 Å². The topological polar surface area (TPSA) is 42.6 Å². The van der Waals surface area contributed by atoms with Gasteiger partial charge >= 0.3 is 0 Å². The number of carbonyl (C=O) groups is 1. The first-order chi connectivity index (χ1) is 15.0. The molecule has 31 heavy (non-hydrogen) atoms. The molecule has 0 unspecified atom stereocenters. The second kappa shape index (κ2) is 8.83. The van der Waals surface area contributed by atoms with Crippen LogP contribution in [-0.2, 0) is 6.54 Å². The van der Waals surface area contributed by atoms with Crippen molar-refractivity contribution in [3.05, 3.63) is 69.8 Å². The summed E-state index contributed by atoms with van der Waals surface area (Å²) in [6, 6.07) is 16.1. The first-order valence-corrected chi connectivity index (χ1v) is 11.6. The summed E-state index contributed by atoms with van der Waals surface area (Å²) in [7, 11) is 0. The average Bonchev–Trinajstić information content (AvgIpc) is 3.42. The second-order valence-electron chi connectivity index (χ2n) is 8.55. The Morgan fingerprint density at radius 1 is 0.935 bits per heavy atom. The van der Waals surface area contributed by atoms with Crippen LogP contribution in [0.5, 0.6) is 0 Å². The van der Waals surface area contributed by atoms with Crippen LogP contribution in [0.2, 0.25) is 10.0 Å². The number of hydrogen-bond donors (Lipinski definition) is 1. The summed E-state index contributed by atoms with van der Waals surface area (Å²) in [6.07, 6.45) is 1.04. The second-order valence-corrected chi connectivity index (χ2v) is 9.42. The molecule has 2 saturated heterocycles. The Kier molecular flexibility index (Phi) is 5.93. The van der Waals surface area contributed by atoms with Crippen molar-refractivity contribution >= 4 is 40.0 Å². The summed E-state index contributed by atoms with van der Waals surface area (Å²) in [5, 5.41) is 2.44. The van der Waals surface area contributed by atoms with E-state index in [4.69, 9.17) is 23.2 Å². The van der Waals surface area contributed by atoms with Crippen molar-refractivity contribution in [1.29, 1.82) is 0 Å². The van der Waals surface area contributed by atoms with E-state index in [9.17, 15) is 4.79 Å². The summed E-state index contributed by atoms with van der Waals surface area (Å²) < 4.78 is 0. The van der Waals surface area contributed by atoms with Gasteiger partial charge in [-0.1, -0.05) is 35.3 Å². The molecule has 7 heteroatoms. The number of amides is 1. The molecule has 0 saturated carbocycles. The summed E-state index contributed by atoms with van der Waals surface area (Å²) >= 11 is 12.1. The molecule has 0 radical (unpaired) electrons. The largest absolute Gasteiger partial charge is 0.351 e. The first-order valence-electron chi connectivity index (χ1n) is 10.8. The van der Waals surface area contributed by atoms with Crippen LogP contribution in [0.25, 0.3) is 10.9 Å². The maximum absolute atomic E-state index is 13.0. The molecule has 0 spiro atoms. The van der Waals surface area contributed by atoms with Gasteiger partial charge in [-0.25, -0.2) is 0 Å². The Labute approximate surface area is 192 Å². The summed E-state index contributed by atoms with van der Waals surface area (Å²) in [5.74, 6) is 0.0798. The van der Waals surface area contributed by atoms with Crippen molar-refractivity contribution in [1.82, 2.24) is 19.7 Å². The smallest absolute Gasteiger partial charge is 0.270 e. The molecule has 0 bridgehead atoms. The number of fused-ring (bicyclic) bond motifs is 1. The van der Waals surface area contributed by atoms with Crippen LogP contribution >= 0.6 is 23.2 Å². The van der Waals surface area contributed by atoms with E-state index < -0.39 is 0 Å². The van der Waals surface area contributed by atoms with Gasteiger partial charge in [0.15, 0.2) is 0 Å². The van der Waals surface area contributed by atoms with E-state index in [2.05, 4.69) is 26.9 Å². The third-order valence-electron chi connectivity index (χ3n) is 6.51. The molecule has 1 aromatic heterocycles. The molecule has 2 fully saturated rings. The number of likely N-dealkylation sites (tertiary alicyclic amines) is 1. The zero-order valence-electron chi connectivity index (χ0n) is 17.4. The first kappa shape index (κ1) is 20.8. The highest BCUT2D eigenvalue weighted by atomic mass is 35.5. The number of hydrogen-bond acceptors (Lipinski definition) is 3. The van der Waals surface area contributed by atoms with Crippen molar-refractivity contribution < 1.29 is 4.79 Å². The molecule has 5 rings (SSSR count). The van der Waals surface area contributed by atoms with Gasteiger partial charge in [0.05, 0.1) is 0 Å². The van der Waals surface area contributed by atoms with Crippen molar-refractivity contribution in [2.75, 3.05) is 39.3 Å². The predicted molar refractivity (Wildman–Crippen MR) is 126 cm³/mol. The fourth-order valence-corrected chi connectivity index (χ4v) is 5.05. The standard InChI is InChI=1S/C24H26Cl2N4O/c25-19-3-1-17(2-4-19)15-28-9-11-29(12-10-28)21-7-8-30(16-21)24(31)23-14-18-13-20(26)5-6-22(18)27-23/h1-6,13-14,21,27H,7-12,15-16H2/t21-/m0/s1. The van der Waals surface area contributed by atoms with Gasteiger partial charge in [0.1, 0.15) is 5.69 Å². The van der Waals surface area contributed by atoms with Gasteiger partial charge in [-0.15, -0.1) is 0 Å². The number of aromatic amines is 1. The molecule has 1 atom stereocenters. The fraction of sp³-hybridized carbons (Fsp3) is 0.375. The van der Waals surface area contributed by atoms with Crippen LogP contribution in [-0.4, -0.2) is 70.9 Å². The van der Waals surface area contributed by atoms with Crippen molar-refractivity contribution in [2.24, 2.45) is 0 Å². The number of halogens is 2. The van der Waals surface area contributed by atoms with Crippen molar-refractivity contribution in [2.45, 2.75) is 19.0 Å². The van der Waals surface area contributed by atoms with Crippen molar-refractivity contribution in [3.63, 3.8) is 0 Å². The third kappa shape index (κ3) is 4.60. The number of piperazine rings is 1. The van der Waals surface area contributed by atoms with Crippen LogP contribution in [0.15, 0.2) is 48.5 Å². The number of nitrogens with one attached hydrogen (secondary N) is 1. The summed E-state index contributed by atoms with van der Waals surface area (Å²) in [4.78, 5) is 23.3. The monoisotopic (exact) mass is 456 g/mol. The molecule has 3 aromatic rings. The highest BCUT2D eigenvalue weighted by molar-refractivity contribution is 6.31. The van der Waals surface area contributed by atoms with Crippen LogP contribution < -0.4 is 0 Å². The Morgan fingerprint density at radius 2 is 1.68 bits per heavy atom. The van der Waals surface area contributed by atoms with Gasteiger partial charge in [-0.05, 0) is 48.4 Å². The normalized spacial score (nSPS) is 20.6. The maximum Gasteiger partial charge on any atom is 0.270 e. The highest BCUT2D eigenvalue weighted by Gasteiger charge is 2.32. The molecule has 2 aliphatic heterocycles. The van der Waals surface area contributed by atoms with Gasteiger partial charge < -0.3 is 9.88 Å². The van der Waals surface area contributed by atoms with Gasteiger partial charge in [0, 0.05) is 72.8 Å². The zero-order valence-corrected chi connectivity index (χ0v) is 18.9. The van der Waals surface area contributed by atoms with E-state index in [1.54, 1.807) is 0 Å². The third-order valence-corrected chi connectivity index (χ3v) is 6.99. The molecule has 2 aromatic carbocycles. The number of rotatable bonds is 4. The summed E-state index contributed by atoms with van der Waals surface area (Å²) in [5.41, 5.74) is 2.89. The minimum absolute atomic E-state index is 0.0798. The van der Waals surface area contributed by atoms with Crippen LogP contribution in [0.1, 0.15) is 22.5 Å². The van der Waals surface area contributed by atoms with Crippen LogP contribution in [0, 0.1) is 0 Å². The lowest BCUT2D eigenvalue weighted by Gasteiger charge is -2.38. The lowest BCUT2D eigenvalue weighted by atomic mass is 10.1. The molecular weight excluding hydrogens is 431 g/mol. The van der Waals surface area contributed by atoms with Gasteiger partial charge in [0.2, 0.25) is 0 Å². The molecule has 3 heterocycles. The molecule has 1 amide bonds. The quantitative estimate of drug-likeness (QED) is 0.627. The molecule has 1 N–H and O–H groups in total. The highest BCUT2D eigenvalue weighted by Crippen LogP contribution is 2.24. The average molecular weight is 457 g/mol. The molecule has 0 aliphatic carbocycles. The Balaban J connectivity index is 1.15. The Bertz CT molecular complexity index is 1070. The van der Waals surface area contributed by atoms with Gasteiger partial charge in [-0.2, -0.15) is 0 Å². The lowest BCUT2D eigenvalue weighted by Crippen LogP contribution is -2.50. The van der Waals surface area contributed by atoms with E-state index in [1.165, 1.54) is 5.56 Å². The van der Waals surface area contributed by atoms with E-state index in [-0.39, 0.29) is 5.91 Å². The number of aromatic nitrogens is 1. The minimum atomic E-state index is 0.0798. The minimum Gasteiger partial charge on any atom is -0.351 e. The molecule has 2 aliphatic rings. The van der Waals surface area contributed by atoms with Gasteiger partial charge in [-0.3, -0.25) is 14.6 Å². The number of carbonyl (C=O) groups excluding carboxylic acids is 1. The Hall–Kier alpha value is -2.05. The SMILES string of the molecule is O=C(c1cc2cc(Cl)ccc2[nH]1)N1CC[C@H](N2CCN(Cc3ccc(Cl)cc3)CC2)C1. The maximum atomic E-state index is 13.0. The number of nitrogens with zero attached hydrogens (tertiary/aromatic N) is 3. The number of H-pyrrole nitrogens is 1. The van der Waals surface area contributed by atoms with E-state index in [0.29, 0.717) is 16.8 Å². The van der Waals surface area contributed by atoms with Crippen LogP contribution in [0.3, 0.4) is 0 Å². The van der Waals surface area contributed by atoms with E-state index >= 15 is 0 Å². The predicted octanol–water partition coefficient (Wildman–Crippen LogP) is 4.51. The van der Waals surface area contributed by atoms with E-state index in [0.717, 1.165) is 68.2 Å². The zero-order chi connectivity index (χ0) is 21.4. The molecule has 5 nitrogen and oxygen atoms in total. The van der Waals surface area contributed by atoms with Crippen molar-refractivity contribution in [3.8, 4) is 0 Å². The lowest BCUT2D eigenvalue weighted by molar-refractivity contribution is 0.0730. The molecular formula is C24H26Cl2N4O. The fourth-order valence-electron chi connectivity index (χ4n) is 4.75. The summed E-state index contributed by atoms with van der Waals surface area (Å²) in [6.45, 7) is 6.77. The number of benzene rings is 2. The molecule has 162 valence electrons. The van der Waals surface area contributed by atoms with E-state index in [1.807, 2.05) is 41.3 Å².